The largest absolute Gasteiger partial charge is 0.381 e. The molecule has 0 aliphatic heterocycles. The molecule has 0 aromatic heterocycles. The fourth-order valence-corrected chi connectivity index (χ4v) is 2.91. The van der Waals surface area contributed by atoms with Crippen LogP contribution >= 0.6 is 15.9 Å². The Hall–Kier alpha value is 0.440. The predicted octanol–water partition coefficient (Wildman–Crippen LogP) is 5.56. The molecular formula is C15H31BrO. The normalized spacial score (nSPS) is 12.0. The van der Waals surface area contributed by atoms with Gasteiger partial charge in [0.15, 0.2) is 0 Å². The third-order valence-electron chi connectivity index (χ3n) is 3.83. The van der Waals surface area contributed by atoms with E-state index in [1.807, 2.05) is 0 Å². The van der Waals surface area contributed by atoms with Gasteiger partial charge in [-0.3, -0.25) is 0 Å². The van der Waals surface area contributed by atoms with E-state index in [0.29, 0.717) is 5.41 Å². The van der Waals surface area contributed by atoms with Crippen molar-refractivity contribution in [3.05, 3.63) is 0 Å². The third-order valence-corrected chi connectivity index (χ3v) is 5.02. The van der Waals surface area contributed by atoms with Crippen LogP contribution in [0.3, 0.4) is 0 Å². The second-order valence-corrected chi connectivity index (χ2v) is 5.72. The van der Waals surface area contributed by atoms with E-state index in [9.17, 15) is 0 Å². The lowest BCUT2D eigenvalue weighted by Gasteiger charge is -2.29. The van der Waals surface area contributed by atoms with Gasteiger partial charge in [-0.05, 0) is 19.3 Å². The Morgan fingerprint density at radius 1 is 0.882 bits per heavy atom. The first kappa shape index (κ1) is 17.4. The number of alkyl halides is 1. The maximum absolute atomic E-state index is 5.85. The molecule has 0 fully saturated rings. The molecule has 0 rings (SSSR count). The Kier molecular flexibility index (Phi) is 11.8. The van der Waals surface area contributed by atoms with Gasteiger partial charge < -0.3 is 4.74 Å². The molecule has 0 saturated heterocycles. The van der Waals surface area contributed by atoms with Crippen LogP contribution < -0.4 is 0 Å². The van der Waals surface area contributed by atoms with Crippen molar-refractivity contribution < 1.29 is 4.74 Å². The average molecular weight is 307 g/mol. The summed E-state index contributed by atoms with van der Waals surface area (Å²) in [6, 6.07) is 0. The number of hydrogen-bond donors (Lipinski definition) is 0. The standard InChI is InChI=1S/C15H31BrO/c1-4-7-8-9-10-11-12-17-14-15(5-2,6-3)13-16/h4-14H2,1-3H3. The smallest absolute Gasteiger partial charge is 0.0530 e. The molecular weight excluding hydrogens is 276 g/mol. The summed E-state index contributed by atoms with van der Waals surface area (Å²) >= 11 is 3.62. The van der Waals surface area contributed by atoms with Crippen LogP contribution in [0.25, 0.3) is 0 Å². The molecule has 0 bridgehead atoms. The van der Waals surface area contributed by atoms with Gasteiger partial charge in [-0.25, -0.2) is 0 Å². The molecule has 1 nitrogen and oxygen atoms in total. The van der Waals surface area contributed by atoms with Crippen molar-refractivity contribution in [2.24, 2.45) is 5.41 Å². The van der Waals surface area contributed by atoms with E-state index in [4.69, 9.17) is 4.74 Å². The zero-order chi connectivity index (χ0) is 13.0. The Morgan fingerprint density at radius 2 is 1.47 bits per heavy atom. The van der Waals surface area contributed by atoms with E-state index >= 15 is 0 Å². The molecule has 0 saturated carbocycles. The lowest BCUT2D eigenvalue weighted by atomic mass is 9.86. The number of halogens is 1. The highest BCUT2D eigenvalue weighted by Gasteiger charge is 2.24. The van der Waals surface area contributed by atoms with Gasteiger partial charge in [-0.2, -0.15) is 0 Å². The van der Waals surface area contributed by atoms with Crippen molar-refractivity contribution in [2.45, 2.75) is 72.1 Å². The molecule has 0 atom stereocenters. The summed E-state index contributed by atoms with van der Waals surface area (Å²) in [5, 5.41) is 1.06. The molecule has 0 heterocycles. The van der Waals surface area contributed by atoms with E-state index in [1.54, 1.807) is 0 Å². The van der Waals surface area contributed by atoms with Gasteiger partial charge in [0.25, 0.3) is 0 Å². The first-order valence-corrected chi connectivity index (χ1v) is 8.50. The maximum atomic E-state index is 5.85. The van der Waals surface area contributed by atoms with E-state index in [0.717, 1.165) is 18.5 Å². The highest BCUT2D eigenvalue weighted by Crippen LogP contribution is 2.29. The summed E-state index contributed by atoms with van der Waals surface area (Å²) in [5.41, 5.74) is 0.363. The van der Waals surface area contributed by atoms with E-state index in [1.165, 1.54) is 51.4 Å². The van der Waals surface area contributed by atoms with Gasteiger partial charge in [0, 0.05) is 17.4 Å². The quantitative estimate of drug-likeness (QED) is 0.338. The maximum Gasteiger partial charge on any atom is 0.0530 e. The molecule has 0 N–H and O–H groups in total. The van der Waals surface area contributed by atoms with Gasteiger partial charge in [-0.15, -0.1) is 0 Å². The molecule has 0 unspecified atom stereocenters. The molecule has 0 spiro atoms. The van der Waals surface area contributed by atoms with Crippen molar-refractivity contribution in [2.75, 3.05) is 18.5 Å². The van der Waals surface area contributed by atoms with E-state index in [-0.39, 0.29) is 0 Å². The first-order valence-electron chi connectivity index (χ1n) is 7.38. The minimum Gasteiger partial charge on any atom is -0.381 e. The van der Waals surface area contributed by atoms with Crippen LogP contribution in [0.15, 0.2) is 0 Å². The van der Waals surface area contributed by atoms with Crippen LogP contribution in [0, 0.1) is 5.41 Å². The van der Waals surface area contributed by atoms with Crippen LogP contribution in [0.2, 0.25) is 0 Å². The second kappa shape index (κ2) is 11.5. The Bertz CT molecular complexity index is 147. The molecule has 0 radical (unpaired) electrons. The number of unbranched alkanes of at least 4 members (excludes halogenated alkanes) is 5. The summed E-state index contributed by atoms with van der Waals surface area (Å²) in [7, 11) is 0. The molecule has 0 aliphatic rings. The lowest BCUT2D eigenvalue weighted by Crippen LogP contribution is -2.27. The summed E-state index contributed by atoms with van der Waals surface area (Å²) < 4.78 is 5.85. The molecule has 104 valence electrons. The minimum atomic E-state index is 0.363. The fourth-order valence-electron chi connectivity index (χ4n) is 1.95. The number of hydrogen-bond acceptors (Lipinski definition) is 1. The molecule has 0 aromatic carbocycles. The van der Waals surface area contributed by atoms with Gasteiger partial charge >= 0.3 is 0 Å². The van der Waals surface area contributed by atoms with Crippen molar-refractivity contribution >= 4 is 15.9 Å². The van der Waals surface area contributed by atoms with Gasteiger partial charge in [0.1, 0.15) is 0 Å². The van der Waals surface area contributed by atoms with Gasteiger partial charge in [-0.1, -0.05) is 68.8 Å². The molecule has 0 amide bonds. The Labute approximate surface area is 117 Å². The van der Waals surface area contributed by atoms with Crippen LogP contribution in [0.4, 0.5) is 0 Å². The lowest BCUT2D eigenvalue weighted by molar-refractivity contribution is 0.0494. The topological polar surface area (TPSA) is 9.23 Å². The highest BCUT2D eigenvalue weighted by atomic mass is 79.9. The van der Waals surface area contributed by atoms with Gasteiger partial charge in [0.2, 0.25) is 0 Å². The molecule has 0 aliphatic carbocycles. The zero-order valence-electron chi connectivity index (χ0n) is 12.1. The fraction of sp³-hybridized carbons (Fsp3) is 1.00. The van der Waals surface area contributed by atoms with Crippen LogP contribution in [0.1, 0.15) is 72.1 Å². The average Bonchev–Trinajstić information content (AvgIpc) is 2.38. The van der Waals surface area contributed by atoms with Crippen molar-refractivity contribution in [1.82, 2.24) is 0 Å². The zero-order valence-corrected chi connectivity index (χ0v) is 13.7. The SMILES string of the molecule is CCCCCCCCOCC(CC)(CC)CBr. The number of ether oxygens (including phenoxy) is 1. The van der Waals surface area contributed by atoms with Crippen LogP contribution in [-0.2, 0) is 4.74 Å². The summed E-state index contributed by atoms with van der Waals surface area (Å²) in [5.74, 6) is 0. The second-order valence-electron chi connectivity index (χ2n) is 5.16. The van der Waals surface area contributed by atoms with Gasteiger partial charge in [0.05, 0.1) is 6.61 Å². The molecule has 0 aromatic rings. The van der Waals surface area contributed by atoms with Crippen LogP contribution in [-0.4, -0.2) is 18.5 Å². The summed E-state index contributed by atoms with van der Waals surface area (Å²) in [6.07, 6.45) is 10.5. The highest BCUT2D eigenvalue weighted by molar-refractivity contribution is 9.09. The molecule has 17 heavy (non-hydrogen) atoms. The number of rotatable bonds is 12. The Balaban J connectivity index is 3.43. The van der Waals surface area contributed by atoms with Crippen LogP contribution in [0.5, 0.6) is 0 Å². The van der Waals surface area contributed by atoms with Crippen molar-refractivity contribution in [3.8, 4) is 0 Å². The summed E-state index contributed by atoms with van der Waals surface area (Å²) in [6.45, 7) is 8.65. The first-order chi connectivity index (χ1) is 8.24. The molecule has 2 heteroatoms. The predicted molar refractivity (Wildman–Crippen MR) is 81.0 cm³/mol. The Morgan fingerprint density at radius 3 is 2.00 bits per heavy atom. The minimum absolute atomic E-state index is 0.363. The van der Waals surface area contributed by atoms with E-state index < -0.39 is 0 Å². The van der Waals surface area contributed by atoms with Crippen molar-refractivity contribution in [3.63, 3.8) is 0 Å². The third kappa shape index (κ3) is 8.20. The van der Waals surface area contributed by atoms with E-state index in [2.05, 4.69) is 36.7 Å². The van der Waals surface area contributed by atoms with Crippen molar-refractivity contribution in [1.29, 1.82) is 0 Å². The summed E-state index contributed by atoms with van der Waals surface area (Å²) in [4.78, 5) is 0. The monoisotopic (exact) mass is 306 g/mol.